The Morgan fingerprint density at radius 1 is 1.11 bits per heavy atom. The Labute approximate surface area is 202 Å². The number of aromatic nitrogens is 3. The predicted molar refractivity (Wildman–Crippen MR) is 126 cm³/mol. The minimum Gasteiger partial charge on any atom is -0.497 e. The van der Waals surface area contributed by atoms with Gasteiger partial charge in [-0.05, 0) is 37.3 Å². The molecule has 11 nitrogen and oxygen atoms in total. The van der Waals surface area contributed by atoms with Crippen molar-refractivity contribution in [3.63, 3.8) is 0 Å². The number of halogens is 3. The molecule has 0 amide bonds. The van der Waals surface area contributed by atoms with E-state index in [1.165, 1.54) is 19.4 Å². The number of hydrogen-bond donors (Lipinski definition) is 4. The van der Waals surface area contributed by atoms with E-state index in [1.54, 1.807) is 25.1 Å². The summed E-state index contributed by atoms with van der Waals surface area (Å²) in [6.07, 6.45) is -2.29. The Balaban J connectivity index is 0.000000658. The highest BCUT2D eigenvalue weighted by Gasteiger charge is 2.31. The molecule has 0 saturated carbocycles. The Morgan fingerprint density at radius 2 is 1.81 bits per heavy atom. The number of nitrogens with zero attached hydrogens (tertiary/aromatic N) is 2. The maximum absolute atomic E-state index is 13.1. The third kappa shape index (κ3) is 7.44. The van der Waals surface area contributed by atoms with Gasteiger partial charge in [0.25, 0.3) is 10.1 Å². The smallest absolute Gasteiger partial charge is 0.417 e. The van der Waals surface area contributed by atoms with Crippen molar-refractivity contribution in [1.82, 2.24) is 15.0 Å². The summed E-state index contributed by atoms with van der Waals surface area (Å²) in [5.41, 5.74) is 1.51. The van der Waals surface area contributed by atoms with Crippen molar-refractivity contribution >= 4 is 44.4 Å². The van der Waals surface area contributed by atoms with Gasteiger partial charge in [0, 0.05) is 29.2 Å². The number of ether oxygens (including phenoxy) is 1. The van der Waals surface area contributed by atoms with E-state index in [4.69, 9.17) is 13.7 Å². The molecule has 15 heteroatoms. The summed E-state index contributed by atoms with van der Waals surface area (Å²) in [5.74, 6) is 0.00691. The third-order valence-electron chi connectivity index (χ3n) is 4.38. The van der Waals surface area contributed by atoms with Crippen LogP contribution in [0.1, 0.15) is 11.1 Å². The van der Waals surface area contributed by atoms with E-state index in [0.29, 0.717) is 34.4 Å². The number of rotatable bonds is 5. The van der Waals surface area contributed by atoms with Crippen molar-refractivity contribution < 1.29 is 35.3 Å². The molecule has 0 fully saturated rings. The summed E-state index contributed by atoms with van der Waals surface area (Å²) >= 11 is 0. The number of aryl methyl sites for hydroxylation is 1. The summed E-state index contributed by atoms with van der Waals surface area (Å²) in [7, 11) is -2.38. The molecule has 0 radical (unpaired) electrons. The van der Waals surface area contributed by atoms with Gasteiger partial charge in [0.2, 0.25) is 5.95 Å². The van der Waals surface area contributed by atoms with Crippen LogP contribution in [-0.4, -0.2) is 41.3 Å². The molecule has 192 valence electrons. The lowest BCUT2D eigenvalue weighted by atomic mass is 10.2. The first-order valence-electron chi connectivity index (χ1n) is 9.90. The number of alkyl halides is 3. The van der Waals surface area contributed by atoms with E-state index >= 15 is 0 Å². The molecule has 2 aromatic carbocycles. The van der Waals surface area contributed by atoms with Crippen molar-refractivity contribution in [3.8, 4) is 5.75 Å². The van der Waals surface area contributed by atoms with E-state index in [1.807, 2.05) is 0 Å². The molecule has 0 aliphatic heterocycles. The number of H-pyrrole nitrogens is 1. The van der Waals surface area contributed by atoms with Crippen LogP contribution in [0.25, 0.3) is 11.1 Å². The Kier molecular flexibility index (Phi) is 7.54. The third-order valence-corrected chi connectivity index (χ3v) is 4.38. The van der Waals surface area contributed by atoms with Crippen molar-refractivity contribution in [1.29, 1.82) is 0 Å². The zero-order valence-electron chi connectivity index (χ0n) is 19.0. The molecule has 36 heavy (non-hydrogen) atoms. The number of hydrogen-bond acceptors (Lipinski definition) is 9. The minimum absolute atomic E-state index is 0.0465. The molecule has 4 N–H and O–H groups in total. The number of oxazole rings is 1. The lowest BCUT2D eigenvalue weighted by molar-refractivity contribution is -0.137. The number of aromatic amines is 1. The van der Waals surface area contributed by atoms with Gasteiger partial charge in [-0.15, -0.1) is 0 Å². The van der Waals surface area contributed by atoms with Crippen LogP contribution in [0.3, 0.4) is 0 Å². The number of methoxy groups -OCH3 is 1. The summed E-state index contributed by atoms with van der Waals surface area (Å²) in [5, 5.41) is 5.87. The number of nitrogens with one attached hydrogen (secondary N) is 3. The average Bonchev–Trinajstić information content (AvgIpc) is 3.13. The minimum atomic E-state index is -4.53. The van der Waals surface area contributed by atoms with Crippen LogP contribution in [0.5, 0.6) is 5.75 Å². The van der Waals surface area contributed by atoms with Crippen LogP contribution in [0.15, 0.2) is 51.8 Å². The maximum Gasteiger partial charge on any atom is 0.417 e. The predicted octanol–water partition coefficient (Wildman–Crippen LogP) is 4.24. The van der Waals surface area contributed by atoms with E-state index in [0.717, 1.165) is 12.1 Å². The van der Waals surface area contributed by atoms with Gasteiger partial charge >= 0.3 is 11.9 Å². The molecule has 0 saturated heterocycles. The number of benzene rings is 2. The molecule has 4 aromatic rings. The van der Waals surface area contributed by atoms with E-state index in [9.17, 15) is 26.4 Å². The quantitative estimate of drug-likeness (QED) is 0.277. The van der Waals surface area contributed by atoms with Gasteiger partial charge < -0.3 is 19.8 Å². The van der Waals surface area contributed by atoms with Crippen LogP contribution in [0.2, 0.25) is 0 Å². The van der Waals surface area contributed by atoms with E-state index in [2.05, 4.69) is 25.6 Å². The molecule has 2 heterocycles. The van der Waals surface area contributed by atoms with Gasteiger partial charge in [-0.2, -0.15) is 26.6 Å². The highest BCUT2D eigenvalue weighted by Crippen LogP contribution is 2.34. The molecule has 0 aliphatic carbocycles. The standard InChI is InChI=1S/C20H16F3N5O3.CH4O3S/c1-10-9-24-18(26-13-5-11(20(21,22)23)6-14(7-13)30-2)28-17(10)25-12-3-4-16-15(8-12)27-19(29)31-16;1-5(2,3)4/h3-9H,1-2H3,(H,27,29)(H2,24,25,26,28);1H3,(H,2,3,4). The Morgan fingerprint density at radius 3 is 2.44 bits per heavy atom. The lowest BCUT2D eigenvalue weighted by Crippen LogP contribution is -2.07. The largest absolute Gasteiger partial charge is 0.497 e. The number of anilines is 4. The maximum atomic E-state index is 13.1. The van der Waals surface area contributed by atoms with Gasteiger partial charge in [-0.3, -0.25) is 9.54 Å². The van der Waals surface area contributed by atoms with E-state index in [-0.39, 0.29) is 17.4 Å². The zero-order valence-corrected chi connectivity index (χ0v) is 19.8. The van der Waals surface area contributed by atoms with E-state index < -0.39 is 27.6 Å². The first kappa shape index (κ1) is 26.5. The molecular formula is C21H20F3N5O6S. The first-order valence-corrected chi connectivity index (χ1v) is 11.8. The topological polar surface area (TPSA) is 159 Å². The van der Waals surface area contributed by atoms with Gasteiger partial charge in [0.1, 0.15) is 11.6 Å². The van der Waals surface area contributed by atoms with Crippen molar-refractivity contribution in [3.05, 3.63) is 64.3 Å². The highest BCUT2D eigenvalue weighted by atomic mass is 32.2. The summed E-state index contributed by atoms with van der Waals surface area (Å²) < 4.78 is 75.2. The molecule has 0 spiro atoms. The van der Waals surface area contributed by atoms with Crippen LogP contribution < -0.4 is 21.1 Å². The molecule has 4 rings (SSSR count). The molecule has 0 unspecified atom stereocenters. The average molecular weight is 527 g/mol. The summed E-state index contributed by atoms with van der Waals surface area (Å²) in [6, 6.07) is 8.26. The second-order valence-electron chi connectivity index (χ2n) is 7.38. The normalized spacial score (nSPS) is 11.5. The fraction of sp³-hybridized carbons (Fsp3) is 0.190. The van der Waals surface area contributed by atoms with Crippen molar-refractivity contribution in [2.24, 2.45) is 0 Å². The molecule has 0 aliphatic rings. The second-order valence-corrected chi connectivity index (χ2v) is 8.85. The molecule has 0 bridgehead atoms. The molecule has 2 aromatic heterocycles. The summed E-state index contributed by atoms with van der Waals surface area (Å²) in [6.45, 7) is 1.78. The van der Waals surface area contributed by atoms with Gasteiger partial charge in [0.15, 0.2) is 5.58 Å². The Bertz CT molecular complexity index is 1540. The fourth-order valence-electron chi connectivity index (χ4n) is 2.88. The number of fused-ring (bicyclic) bond motifs is 1. The van der Waals surface area contributed by atoms with Gasteiger partial charge in [-0.1, -0.05) is 0 Å². The van der Waals surface area contributed by atoms with Crippen LogP contribution >= 0.6 is 0 Å². The van der Waals surface area contributed by atoms with Crippen LogP contribution in [0, 0.1) is 6.92 Å². The molecule has 0 atom stereocenters. The zero-order chi connectivity index (χ0) is 26.7. The lowest BCUT2D eigenvalue weighted by Gasteiger charge is -2.14. The van der Waals surface area contributed by atoms with Crippen molar-refractivity contribution in [2.45, 2.75) is 13.1 Å². The van der Waals surface area contributed by atoms with Gasteiger partial charge in [0.05, 0.1) is 24.4 Å². The SMILES string of the molecule is COc1cc(Nc2ncc(C)c(Nc3ccc4oc(=O)[nH]c4c3)n2)cc(C(F)(F)F)c1.CS(=O)(=O)O. The fourth-order valence-corrected chi connectivity index (χ4v) is 2.88. The summed E-state index contributed by atoms with van der Waals surface area (Å²) in [4.78, 5) is 22.3. The van der Waals surface area contributed by atoms with Crippen LogP contribution in [0.4, 0.5) is 36.3 Å². The Hall–Kier alpha value is -4.11. The first-order chi connectivity index (χ1) is 16.7. The van der Waals surface area contributed by atoms with Gasteiger partial charge in [-0.25, -0.2) is 9.78 Å². The van der Waals surface area contributed by atoms with Crippen LogP contribution in [-0.2, 0) is 16.3 Å². The molecular weight excluding hydrogens is 507 g/mol. The highest BCUT2D eigenvalue weighted by molar-refractivity contribution is 7.85. The van der Waals surface area contributed by atoms with Crippen molar-refractivity contribution in [2.75, 3.05) is 24.0 Å². The monoisotopic (exact) mass is 527 g/mol. The second kappa shape index (κ2) is 10.2.